The molecule has 1 rings (SSSR count). The molecule has 0 aromatic carbocycles. The summed E-state index contributed by atoms with van der Waals surface area (Å²) in [6.07, 6.45) is 6.59. The van der Waals surface area contributed by atoms with Gasteiger partial charge in [-0.05, 0) is 39.2 Å². The van der Waals surface area contributed by atoms with Gasteiger partial charge in [0.1, 0.15) is 0 Å². The molecule has 0 fully saturated rings. The molecule has 102 valence electrons. The molecular formula is C13H21O4P. The Labute approximate surface area is 109 Å². The van der Waals surface area contributed by atoms with E-state index in [0.717, 1.165) is 18.4 Å². The van der Waals surface area contributed by atoms with Crippen LogP contribution in [0.2, 0.25) is 0 Å². The van der Waals surface area contributed by atoms with Gasteiger partial charge in [0.2, 0.25) is 0 Å². The second-order valence-electron chi connectivity index (χ2n) is 4.09. The van der Waals surface area contributed by atoms with E-state index < -0.39 is 7.60 Å². The maximum absolute atomic E-state index is 12.1. The van der Waals surface area contributed by atoms with Gasteiger partial charge in [0.05, 0.1) is 13.2 Å². The Balaban J connectivity index is 2.56. The standard InChI is InChI=1S/C13H21O4P/c1-3-16-18(15,17-4-2)10-6-8-12-7-5-9-13(14)11-12/h6,10-11H,3-5,7-9H2,1-2H3/b10-6+. The summed E-state index contributed by atoms with van der Waals surface area (Å²) in [5.41, 5.74) is 1.09. The predicted molar refractivity (Wildman–Crippen MR) is 71.6 cm³/mol. The highest BCUT2D eigenvalue weighted by molar-refractivity contribution is 7.57. The Kier molecular flexibility index (Phi) is 6.55. The first-order chi connectivity index (χ1) is 8.59. The van der Waals surface area contributed by atoms with Crippen molar-refractivity contribution in [2.75, 3.05) is 13.2 Å². The molecule has 0 bridgehead atoms. The topological polar surface area (TPSA) is 52.6 Å². The van der Waals surface area contributed by atoms with Crippen LogP contribution in [0.5, 0.6) is 0 Å². The summed E-state index contributed by atoms with van der Waals surface area (Å²) >= 11 is 0. The first kappa shape index (κ1) is 15.4. The molecule has 0 aromatic rings. The van der Waals surface area contributed by atoms with Crippen LogP contribution in [-0.2, 0) is 18.4 Å². The van der Waals surface area contributed by atoms with Gasteiger partial charge in [0.15, 0.2) is 5.78 Å². The molecule has 0 aliphatic heterocycles. The van der Waals surface area contributed by atoms with Crippen molar-refractivity contribution in [3.05, 3.63) is 23.5 Å². The Hall–Kier alpha value is -0.700. The quantitative estimate of drug-likeness (QED) is 0.661. The van der Waals surface area contributed by atoms with Crippen molar-refractivity contribution in [2.24, 2.45) is 0 Å². The maximum Gasteiger partial charge on any atom is 0.353 e. The third-order valence-corrected chi connectivity index (χ3v) is 4.38. The second-order valence-corrected chi connectivity index (χ2v) is 5.98. The van der Waals surface area contributed by atoms with E-state index in [9.17, 15) is 9.36 Å². The van der Waals surface area contributed by atoms with E-state index >= 15 is 0 Å². The van der Waals surface area contributed by atoms with E-state index in [-0.39, 0.29) is 5.78 Å². The molecule has 18 heavy (non-hydrogen) atoms. The fourth-order valence-corrected chi connectivity index (χ4v) is 3.17. The Morgan fingerprint density at radius 1 is 1.28 bits per heavy atom. The first-order valence-electron chi connectivity index (χ1n) is 6.38. The van der Waals surface area contributed by atoms with Crippen LogP contribution in [0.1, 0.15) is 39.5 Å². The number of allylic oxidation sites excluding steroid dienone is 3. The summed E-state index contributed by atoms with van der Waals surface area (Å²) in [6, 6.07) is 0. The smallest absolute Gasteiger partial charge is 0.306 e. The van der Waals surface area contributed by atoms with Crippen LogP contribution < -0.4 is 0 Å². The minimum absolute atomic E-state index is 0.183. The minimum Gasteiger partial charge on any atom is -0.306 e. The van der Waals surface area contributed by atoms with Crippen LogP contribution in [0.15, 0.2) is 23.5 Å². The largest absolute Gasteiger partial charge is 0.353 e. The number of ketones is 1. The summed E-state index contributed by atoms with van der Waals surface area (Å²) in [5, 5.41) is 0. The highest BCUT2D eigenvalue weighted by atomic mass is 31.2. The van der Waals surface area contributed by atoms with Crippen molar-refractivity contribution >= 4 is 13.4 Å². The average molecular weight is 272 g/mol. The third-order valence-electron chi connectivity index (χ3n) is 2.57. The van der Waals surface area contributed by atoms with Crippen LogP contribution in [-0.4, -0.2) is 19.0 Å². The number of rotatable bonds is 7. The second kappa shape index (κ2) is 7.67. The Morgan fingerprint density at radius 3 is 2.50 bits per heavy atom. The van der Waals surface area contributed by atoms with Crippen LogP contribution in [0.4, 0.5) is 0 Å². The molecule has 0 amide bonds. The molecule has 0 N–H and O–H groups in total. The fraction of sp³-hybridized carbons (Fsp3) is 0.615. The molecule has 0 aromatic heterocycles. The lowest BCUT2D eigenvalue weighted by molar-refractivity contribution is -0.115. The van der Waals surface area contributed by atoms with Crippen molar-refractivity contribution in [3.63, 3.8) is 0 Å². The van der Waals surface area contributed by atoms with E-state index in [4.69, 9.17) is 9.05 Å². The molecule has 0 saturated heterocycles. The molecular weight excluding hydrogens is 251 g/mol. The van der Waals surface area contributed by atoms with Gasteiger partial charge in [-0.25, -0.2) is 0 Å². The molecule has 0 saturated carbocycles. The number of carbonyl (C=O) groups excluding carboxylic acids is 1. The highest BCUT2D eigenvalue weighted by Crippen LogP contribution is 2.49. The summed E-state index contributed by atoms with van der Waals surface area (Å²) in [6.45, 7) is 4.26. The molecule has 0 radical (unpaired) electrons. The fourth-order valence-electron chi connectivity index (χ4n) is 1.84. The van der Waals surface area contributed by atoms with Crippen LogP contribution in [0.25, 0.3) is 0 Å². The van der Waals surface area contributed by atoms with Gasteiger partial charge in [0, 0.05) is 12.2 Å². The van der Waals surface area contributed by atoms with Crippen molar-refractivity contribution in [2.45, 2.75) is 39.5 Å². The molecule has 1 aliphatic carbocycles. The molecule has 4 nitrogen and oxygen atoms in total. The van der Waals surface area contributed by atoms with Crippen molar-refractivity contribution in [3.8, 4) is 0 Å². The predicted octanol–water partition coefficient (Wildman–Crippen LogP) is 3.84. The van der Waals surface area contributed by atoms with Gasteiger partial charge in [-0.3, -0.25) is 9.36 Å². The molecule has 0 unspecified atom stereocenters. The van der Waals surface area contributed by atoms with E-state index in [2.05, 4.69) is 0 Å². The third kappa shape index (κ3) is 5.30. The first-order valence-corrected chi connectivity index (χ1v) is 7.99. The lowest BCUT2D eigenvalue weighted by Gasteiger charge is -2.13. The van der Waals surface area contributed by atoms with Crippen molar-refractivity contribution in [1.29, 1.82) is 0 Å². The summed E-state index contributed by atoms with van der Waals surface area (Å²) < 4.78 is 22.4. The number of hydrogen-bond donors (Lipinski definition) is 0. The summed E-state index contributed by atoms with van der Waals surface area (Å²) in [4.78, 5) is 11.2. The molecule has 1 aliphatic rings. The number of hydrogen-bond acceptors (Lipinski definition) is 4. The lowest BCUT2D eigenvalue weighted by atomic mass is 9.96. The highest BCUT2D eigenvalue weighted by Gasteiger charge is 2.18. The normalized spacial score (nSPS) is 17.2. The van der Waals surface area contributed by atoms with E-state index in [1.165, 1.54) is 5.82 Å². The molecule has 0 atom stereocenters. The van der Waals surface area contributed by atoms with Gasteiger partial charge >= 0.3 is 7.60 Å². The van der Waals surface area contributed by atoms with Crippen molar-refractivity contribution < 1.29 is 18.4 Å². The van der Waals surface area contributed by atoms with E-state index in [0.29, 0.717) is 26.1 Å². The molecule has 0 spiro atoms. The van der Waals surface area contributed by atoms with Gasteiger partial charge < -0.3 is 9.05 Å². The zero-order valence-electron chi connectivity index (χ0n) is 11.1. The summed E-state index contributed by atoms with van der Waals surface area (Å²) in [7, 11) is -3.09. The molecule has 5 heteroatoms. The molecule has 0 heterocycles. The van der Waals surface area contributed by atoms with Crippen LogP contribution in [0.3, 0.4) is 0 Å². The monoisotopic (exact) mass is 272 g/mol. The van der Waals surface area contributed by atoms with Crippen LogP contribution >= 0.6 is 7.60 Å². The summed E-state index contributed by atoms with van der Waals surface area (Å²) in [5.74, 6) is 1.68. The Bertz CT molecular complexity index is 374. The van der Waals surface area contributed by atoms with Gasteiger partial charge in [-0.1, -0.05) is 11.6 Å². The zero-order chi connectivity index (χ0) is 13.4. The van der Waals surface area contributed by atoms with E-state index in [1.54, 1.807) is 26.0 Å². The SMILES string of the molecule is CCOP(=O)(/C=C/CC1=CC(=O)CCC1)OCC. The minimum atomic E-state index is -3.09. The Morgan fingerprint density at radius 2 is 1.94 bits per heavy atom. The number of carbonyl (C=O) groups is 1. The van der Waals surface area contributed by atoms with E-state index in [1.807, 2.05) is 0 Å². The maximum atomic E-state index is 12.1. The van der Waals surface area contributed by atoms with Gasteiger partial charge in [-0.2, -0.15) is 0 Å². The van der Waals surface area contributed by atoms with Crippen molar-refractivity contribution in [1.82, 2.24) is 0 Å². The zero-order valence-corrected chi connectivity index (χ0v) is 11.9. The van der Waals surface area contributed by atoms with Gasteiger partial charge in [-0.15, -0.1) is 0 Å². The average Bonchev–Trinajstić information content (AvgIpc) is 2.29. The van der Waals surface area contributed by atoms with Crippen LogP contribution in [0, 0.1) is 0 Å². The van der Waals surface area contributed by atoms with Gasteiger partial charge in [0.25, 0.3) is 0 Å². The lowest BCUT2D eigenvalue weighted by Crippen LogP contribution is -2.01.